The highest BCUT2D eigenvalue weighted by Gasteiger charge is 2.35. The van der Waals surface area contributed by atoms with Crippen molar-refractivity contribution in [1.29, 1.82) is 0 Å². The number of hydrogen-bond donors (Lipinski definition) is 1. The van der Waals surface area contributed by atoms with E-state index in [0.29, 0.717) is 19.1 Å². The molecule has 2 aromatic rings. The molecule has 7 heteroatoms. The topological polar surface area (TPSA) is 67.2 Å². The van der Waals surface area contributed by atoms with E-state index in [1.165, 1.54) is 25.7 Å². The number of amides is 2. The van der Waals surface area contributed by atoms with E-state index in [4.69, 9.17) is 0 Å². The second kappa shape index (κ2) is 7.84. The van der Waals surface area contributed by atoms with Crippen molar-refractivity contribution in [3.63, 3.8) is 0 Å². The number of carbonyl (C=O) groups is 2. The highest BCUT2D eigenvalue weighted by molar-refractivity contribution is 9.10. The van der Waals surface area contributed by atoms with Gasteiger partial charge in [0, 0.05) is 29.3 Å². The quantitative estimate of drug-likeness (QED) is 0.789. The molecule has 1 saturated carbocycles. The maximum absolute atomic E-state index is 12.5. The first-order valence-corrected chi connectivity index (χ1v) is 10.3. The lowest BCUT2D eigenvalue weighted by atomic mass is 10.1. The summed E-state index contributed by atoms with van der Waals surface area (Å²) in [5.74, 6) is -0.427. The highest BCUT2D eigenvalue weighted by Crippen LogP contribution is 2.29. The molecule has 0 spiro atoms. The lowest BCUT2D eigenvalue weighted by molar-refractivity contribution is -0.126. The Morgan fingerprint density at radius 3 is 2.85 bits per heavy atom. The fourth-order valence-corrected chi connectivity index (χ4v) is 4.33. The summed E-state index contributed by atoms with van der Waals surface area (Å²) in [5.41, 5.74) is 1.68. The number of nitrogens with one attached hydrogen (secondary N) is 1. The summed E-state index contributed by atoms with van der Waals surface area (Å²) in [6, 6.07) is 10.1. The summed E-state index contributed by atoms with van der Waals surface area (Å²) >= 11 is 3.42. The average Bonchev–Trinajstić information content (AvgIpc) is 3.40. The molecular weight excluding hydrogens is 408 g/mol. The van der Waals surface area contributed by atoms with Gasteiger partial charge in [0.2, 0.25) is 11.8 Å². The van der Waals surface area contributed by atoms with E-state index in [9.17, 15) is 9.59 Å². The minimum absolute atomic E-state index is 0.0150. The fourth-order valence-electron chi connectivity index (χ4n) is 3.94. The highest BCUT2D eigenvalue weighted by atomic mass is 79.9. The summed E-state index contributed by atoms with van der Waals surface area (Å²) in [7, 11) is 0. The number of benzene rings is 1. The van der Waals surface area contributed by atoms with Crippen LogP contribution in [0.25, 0.3) is 0 Å². The first kappa shape index (κ1) is 18.2. The predicted octanol–water partition coefficient (Wildman–Crippen LogP) is 3.43. The van der Waals surface area contributed by atoms with Crippen molar-refractivity contribution in [2.75, 3.05) is 11.4 Å². The van der Waals surface area contributed by atoms with E-state index in [-0.39, 0.29) is 24.2 Å². The molecule has 2 amide bonds. The van der Waals surface area contributed by atoms with Gasteiger partial charge in [0.05, 0.1) is 24.2 Å². The number of nitrogens with zero attached hydrogens (tertiary/aromatic N) is 3. The van der Waals surface area contributed by atoms with Crippen LogP contribution in [0.2, 0.25) is 0 Å². The van der Waals surface area contributed by atoms with Crippen LogP contribution in [0, 0.1) is 5.92 Å². The molecule has 1 aromatic heterocycles. The van der Waals surface area contributed by atoms with E-state index >= 15 is 0 Å². The molecule has 1 atom stereocenters. The number of aromatic nitrogens is 2. The fraction of sp³-hybridized carbons (Fsp3) is 0.450. The zero-order chi connectivity index (χ0) is 18.8. The number of rotatable bonds is 5. The third-order valence-corrected chi connectivity index (χ3v) is 5.92. The van der Waals surface area contributed by atoms with Crippen LogP contribution in [-0.4, -0.2) is 28.1 Å². The summed E-state index contributed by atoms with van der Waals surface area (Å²) in [6.07, 6.45) is 7.15. The standard InChI is InChI=1S/C20H23BrN4O2/c21-15-4-3-7-18(11-15)24-13-14(10-19(24)26)20(27)22-12-16-8-9-25(23-16)17-5-1-2-6-17/h3-4,7-9,11,14,17H,1-2,5-6,10,12-13H2,(H,22,27)/t14-/m1/s1. The molecule has 2 aliphatic rings. The van der Waals surface area contributed by atoms with Crippen LogP contribution in [-0.2, 0) is 16.1 Å². The molecule has 0 radical (unpaired) electrons. The third kappa shape index (κ3) is 4.08. The molecule has 142 valence electrons. The Balaban J connectivity index is 1.33. The van der Waals surface area contributed by atoms with Crippen LogP contribution < -0.4 is 10.2 Å². The third-order valence-electron chi connectivity index (χ3n) is 5.42. The van der Waals surface area contributed by atoms with Gasteiger partial charge in [-0.05, 0) is 37.1 Å². The Kier molecular flexibility index (Phi) is 5.29. The van der Waals surface area contributed by atoms with Gasteiger partial charge in [-0.15, -0.1) is 0 Å². The van der Waals surface area contributed by atoms with Crippen LogP contribution in [0.5, 0.6) is 0 Å². The summed E-state index contributed by atoms with van der Waals surface area (Å²) in [6.45, 7) is 0.817. The molecule has 6 nitrogen and oxygen atoms in total. The van der Waals surface area contributed by atoms with Gasteiger partial charge in [-0.3, -0.25) is 14.3 Å². The van der Waals surface area contributed by atoms with Crippen molar-refractivity contribution in [2.24, 2.45) is 5.92 Å². The number of carbonyl (C=O) groups excluding carboxylic acids is 2. The lowest BCUT2D eigenvalue weighted by Gasteiger charge is -2.17. The van der Waals surface area contributed by atoms with Gasteiger partial charge in [-0.1, -0.05) is 34.8 Å². The molecule has 2 heterocycles. The second-order valence-corrected chi connectivity index (χ2v) is 8.24. The van der Waals surface area contributed by atoms with Crippen molar-refractivity contribution in [3.05, 3.63) is 46.7 Å². The van der Waals surface area contributed by atoms with Gasteiger partial charge >= 0.3 is 0 Å². The van der Waals surface area contributed by atoms with Crippen molar-refractivity contribution < 1.29 is 9.59 Å². The first-order chi connectivity index (χ1) is 13.1. The van der Waals surface area contributed by atoms with Crippen molar-refractivity contribution >= 4 is 33.4 Å². The molecule has 27 heavy (non-hydrogen) atoms. The number of halogens is 1. The van der Waals surface area contributed by atoms with Crippen LogP contribution in [0.3, 0.4) is 0 Å². The van der Waals surface area contributed by atoms with Gasteiger partial charge < -0.3 is 10.2 Å². The van der Waals surface area contributed by atoms with E-state index in [2.05, 4.69) is 26.3 Å². The van der Waals surface area contributed by atoms with Crippen LogP contribution >= 0.6 is 15.9 Å². The molecular formula is C20H23BrN4O2. The summed E-state index contributed by atoms with van der Waals surface area (Å²) in [5, 5.41) is 7.54. The Morgan fingerprint density at radius 1 is 1.26 bits per heavy atom. The van der Waals surface area contributed by atoms with E-state index in [0.717, 1.165) is 15.9 Å². The maximum Gasteiger partial charge on any atom is 0.227 e. The lowest BCUT2D eigenvalue weighted by Crippen LogP contribution is -2.32. The minimum atomic E-state index is -0.326. The van der Waals surface area contributed by atoms with Crippen LogP contribution in [0.4, 0.5) is 5.69 Å². The van der Waals surface area contributed by atoms with Gasteiger partial charge in [-0.25, -0.2) is 0 Å². The molecule has 1 aliphatic carbocycles. The summed E-state index contributed by atoms with van der Waals surface area (Å²) in [4.78, 5) is 26.6. The van der Waals surface area contributed by atoms with E-state index in [1.807, 2.05) is 41.2 Å². The van der Waals surface area contributed by atoms with Gasteiger partial charge in [0.15, 0.2) is 0 Å². The maximum atomic E-state index is 12.5. The van der Waals surface area contributed by atoms with Crippen LogP contribution in [0.15, 0.2) is 41.0 Å². The van der Waals surface area contributed by atoms with Gasteiger partial charge in [0.25, 0.3) is 0 Å². The molecule has 0 unspecified atom stereocenters. The minimum Gasteiger partial charge on any atom is -0.350 e. The zero-order valence-electron chi connectivity index (χ0n) is 15.1. The van der Waals surface area contributed by atoms with E-state index in [1.54, 1.807) is 4.90 Å². The van der Waals surface area contributed by atoms with Crippen molar-refractivity contribution in [2.45, 2.75) is 44.7 Å². The Morgan fingerprint density at radius 2 is 2.07 bits per heavy atom. The normalized spacial score (nSPS) is 20.4. The molecule has 1 saturated heterocycles. The molecule has 1 aliphatic heterocycles. The summed E-state index contributed by atoms with van der Waals surface area (Å²) < 4.78 is 2.95. The molecule has 1 aromatic carbocycles. The van der Waals surface area contributed by atoms with Crippen LogP contribution in [0.1, 0.15) is 43.8 Å². The number of hydrogen-bond acceptors (Lipinski definition) is 3. The first-order valence-electron chi connectivity index (χ1n) is 9.48. The Hall–Kier alpha value is -2.15. The largest absolute Gasteiger partial charge is 0.350 e. The predicted molar refractivity (Wildman–Crippen MR) is 106 cm³/mol. The Labute approximate surface area is 167 Å². The molecule has 1 N–H and O–H groups in total. The smallest absolute Gasteiger partial charge is 0.227 e. The van der Waals surface area contributed by atoms with Gasteiger partial charge in [-0.2, -0.15) is 5.10 Å². The second-order valence-electron chi connectivity index (χ2n) is 7.33. The monoisotopic (exact) mass is 430 g/mol. The SMILES string of the molecule is O=C(NCc1ccn(C2CCCC2)n1)[C@@H]1CC(=O)N(c2cccc(Br)c2)C1. The van der Waals surface area contributed by atoms with Crippen molar-refractivity contribution in [3.8, 4) is 0 Å². The van der Waals surface area contributed by atoms with E-state index < -0.39 is 0 Å². The molecule has 0 bridgehead atoms. The van der Waals surface area contributed by atoms with Crippen molar-refractivity contribution in [1.82, 2.24) is 15.1 Å². The van der Waals surface area contributed by atoms with Gasteiger partial charge in [0.1, 0.15) is 0 Å². The zero-order valence-corrected chi connectivity index (χ0v) is 16.7. The molecule has 2 fully saturated rings. The molecule has 4 rings (SSSR count). The average molecular weight is 431 g/mol. The number of anilines is 1. The Bertz CT molecular complexity index is 844.